The summed E-state index contributed by atoms with van der Waals surface area (Å²) in [6.07, 6.45) is 2.21. The van der Waals surface area contributed by atoms with Crippen LogP contribution >= 0.6 is 0 Å². The van der Waals surface area contributed by atoms with E-state index in [1.807, 2.05) is 0 Å². The summed E-state index contributed by atoms with van der Waals surface area (Å²) in [6, 6.07) is 0.920. The lowest BCUT2D eigenvalue weighted by molar-refractivity contribution is -0.143. The third kappa shape index (κ3) is 2.30. The van der Waals surface area contributed by atoms with Gasteiger partial charge in [0.25, 0.3) is 5.91 Å². The number of hydrogen-bond acceptors (Lipinski definition) is 3. The Morgan fingerprint density at radius 3 is 2.88 bits per heavy atom. The number of rotatable bonds is 2. The maximum Gasteiger partial charge on any atom is 0.326 e. The Hall–Kier alpha value is -1.85. The average molecular weight is 237 g/mol. The van der Waals surface area contributed by atoms with Crippen LogP contribution in [0, 0.1) is 6.92 Å². The summed E-state index contributed by atoms with van der Waals surface area (Å²) in [4.78, 5) is 24.6. The molecule has 0 saturated carbocycles. The third-order valence-electron chi connectivity index (χ3n) is 2.97. The van der Waals surface area contributed by atoms with E-state index in [0.29, 0.717) is 13.0 Å². The number of amides is 1. The summed E-state index contributed by atoms with van der Waals surface area (Å²) in [5.74, 6) is -1.24. The molecule has 1 saturated heterocycles. The molecular formula is C11H15N3O3. The van der Waals surface area contributed by atoms with Crippen molar-refractivity contribution in [1.82, 2.24) is 15.1 Å². The number of aromatic amines is 1. The smallest absolute Gasteiger partial charge is 0.326 e. The van der Waals surface area contributed by atoms with Gasteiger partial charge in [0.1, 0.15) is 11.7 Å². The molecule has 17 heavy (non-hydrogen) atoms. The second-order valence-corrected chi connectivity index (χ2v) is 4.28. The van der Waals surface area contributed by atoms with Crippen LogP contribution in [0.2, 0.25) is 0 Å². The second-order valence-electron chi connectivity index (χ2n) is 4.28. The van der Waals surface area contributed by atoms with Crippen molar-refractivity contribution in [2.75, 3.05) is 6.54 Å². The zero-order valence-electron chi connectivity index (χ0n) is 9.64. The van der Waals surface area contributed by atoms with Crippen molar-refractivity contribution in [3.8, 4) is 0 Å². The molecule has 2 N–H and O–H groups in total. The van der Waals surface area contributed by atoms with E-state index in [9.17, 15) is 9.59 Å². The molecule has 1 fully saturated rings. The van der Waals surface area contributed by atoms with Gasteiger partial charge in [-0.05, 0) is 32.3 Å². The Morgan fingerprint density at radius 2 is 2.29 bits per heavy atom. The van der Waals surface area contributed by atoms with E-state index in [-0.39, 0.29) is 11.6 Å². The van der Waals surface area contributed by atoms with Gasteiger partial charge in [-0.2, -0.15) is 5.10 Å². The van der Waals surface area contributed by atoms with Gasteiger partial charge >= 0.3 is 5.97 Å². The predicted octanol–water partition coefficient (Wildman–Crippen LogP) is 0.797. The highest BCUT2D eigenvalue weighted by Gasteiger charge is 2.33. The van der Waals surface area contributed by atoms with Crippen molar-refractivity contribution >= 4 is 11.9 Å². The number of hydrogen-bond donors (Lipinski definition) is 2. The SMILES string of the molecule is Cc1cc(C(=O)N2CCCC[C@H]2C(=O)O)n[nH]1. The molecule has 0 unspecified atom stereocenters. The fraction of sp³-hybridized carbons (Fsp3) is 0.545. The summed E-state index contributed by atoms with van der Waals surface area (Å²) >= 11 is 0. The van der Waals surface area contributed by atoms with Crippen molar-refractivity contribution in [3.05, 3.63) is 17.5 Å². The molecule has 1 aromatic heterocycles. The molecular weight excluding hydrogens is 222 g/mol. The van der Waals surface area contributed by atoms with E-state index < -0.39 is 12.0 Å². The first-order valence-corrected chi connectivity index (χ1v) is 5.65. The van der Waals surface area contributed by atoms with Gasteiger partial charge in [0, 0.05) is 12.2 Å². The molecule has 1 aromatic rings. The van der Waals surface area contributed by atoms with E-state index in [1.54, 1.807) is 13.0 Å². The number of carbonyl (C=O) groups is 2. The van der Waals surface area contributed by atoms with Gasteiger partial charge in [-0.1, -0.05) is 0 Å². The second kappa shape index (κ2) is 4.57. The van der Waals surface area contributed by atoms with E-state index in [2.05, 4.69) is 10.2 Å². The third-order valence-corrected chi connectivity index (χ3v) is 2.97. The number of carbonyl (C=O) groups excluding carboxylic acids is 1. The van der Waals surface area contributed by atoms with Crippen LogP contribution in [-0.2, 0) is 4.79 Å². The monoisotopic (exact) mass is 237 g/mol. The molecule has 0 bridgehead atoms. The van der Waals surface area contributed by atoms with Crippen LogP contribution in [0.1, 0.15) is 35.4 Å². The van der Waals surface area contributed by atoms with Gasteiger partial charge < -0.3 is 10.0 Å². The van der Waals surface area contributed by atoms with Crippen LogP contribution in [0.5, 0.6) is 0 Å². The molecule has 0 spiro atoms. The highest BCUT2D eigenvalue weighted by molar-refractivity contribution is 5.95. The van der Waals surface area contributed by atoms with Gasteiger partial charge in [-0.3, -0.25) is 9.89 Å². The fourth-order valence-electron chi connectivity index (χ4n) is 2.11. The maximum absolute atomic E-state index is 12.1. The number of carboxylic acids is 1. The van der Waals surface area contributed by atoms with Gasteiger partial charge in [0.2, 0.25) is 0 Å². The van der Waals surface area contributed by atoms with Crippen LogP contribution in [0.15, 0.2) is 6.07 Å². The van der Waals surface area contributed by atoms with Gasteiger partial charge in [0.15, 0.2) is 0 Å². The number of nitrogens with zero attached hydrogens (tertiary/aromatic N) is 2. The number of aryl methyl sites for hydroxylation is 1. The van der Waals surface area contributed by atoms with E-state index in [1.165, 1.54) is 4.90 Å². The topological polar surface area (TPSA) is 86.3 Å². The number of likely N-dealkylation sites (tertiary alicyclic amines) is 1. The van der Waals surface area contributed by atoms with E-state index in [0.717, 1.165) is 18.5 Å². The average Bonchev–Trinajstić information content (AvgIpc) is 2.75. The normalized spacial score (nSPS) is 20.3. The molecule has 6 heteroatoms. The van der Waals surface area contributed by atoms with Crippen molar-refractivity contribution in [1.29, 1.82) is 0 Å². The molecule has 1 aliphatic rings. The van der Waals surface area contributed by atoms with Crippen LogP contribution in [0.3, 0.4) is 0 Å². The molecule has 2 heterocycles. The first-order chi connectivity index (χ1) is 8.09. The van der Waals surface area contributed by atoms with Gasteiger partial charge in [-0.25, -0.2) is 4.79 Å². The Kier molecular flexibility index (Phi) is 3.12. The first-order valence-electron chi connectivity index (χ1n) is 5.65. The van der Waals surface area contributed by atoms with Crippen LogP contribution < -0.4 is 0 Å². The molecule has 2 rings (SSSR count). The van der Waals surface area contributed by atoms with Crippen molar-refractivity contribution in [2.45, 2.75) is 32.2 Å². The highest BCUT2D eigenvalue weighted by Crippen LogP contribution is 2.19. The Labute approximate surface area is 98.6 Å². The van der Waals surface area contributed by atoms with E-state index >= 15 is 0 Å². The molecule has 1 amide bonds. The van der Waals surface area contributed by atoms with Gasteiger partial charge in [-0.15, -0.1) is 0 Å². The Bertz CT molecular complexity index is 441. The number of carboxylic acid groups (broad SMARTS) is 1. The largest absolute Gasteiger partial charge is 0.480 e. The van der Waals surface area contributed by atoms with Crippen molar-refractivity contribution in [2.24, 2.45) is 0 Å². The van der Waals surface area contributed by atoms with Crippen LogP contribution in [-0.4, -0.2) is 44.7 Å². The highest BCUT2D eigenvalue weighted by atomic mass is 16.4. The lowest BCUT2D eigenvalue weighted by Crippen LogP contribution is -2.48. The number of aromatic nitrogens is 2. The van der Waals surface area contributed by atoms with Crippen LogP contribution in [0.25, 0.3) is 0 Å². The lowest BCUT2D eigenvalue weighted by Gasteiger charge is -2.32. The molecule has 6 nitrogen and oxygen atoms in total. The molecule has 0 aromatic carbocycles. The minimum absolute atomic E-state index is 0.288. The molecule has 1 atom stereocenters. The minimum Gasteiger partial charge on any atom is -0.480 e. The quantitative estimate of drug-likeness (QED) is 0.796. The molecule has 0 aliphatic carbocycles. The number of nitrogens with one attached hydrogen (secondary N) is 1. The maximum atomic E-state index is 12.1. The molecule has 0 radical (unpaired) electrons. The zero-order valence-corrected chi connectivity index (χ0v) is 9.64. The number of aliphatic carboxylic acids is 1. The van der Waals surface area contributed by atoms with Crippen LogP contribution in [0.4, 0.5) is 0 Å². The summed E-state index contributed by atoms with van der Waals surface area (Å²) in [5, 5.41) is 15.7. The summed E-state index contributed by atoms with van der Waals surface area (Å²) in [5.41, 5.74) is 1.08. The Morgan fingerprint density at radius 1 is 1.53 bits per heavy atom. The number of H-pyrrole nitrogens is 1. The summed E-state index contributed by atoms with van der Waals surface area (Å²) in [7, 11) is 0. The predicted molar refractivity (Wildman–Crippen MR) is 59.6 cm³/mol. The minimum atomic E-state index is -0.940. The standard InChI is InChI=1S/C11H15N3O3/c1-7-6-8(13-12-7)10(15)14-5-3-2-4-9(14)11(16)17/h6,9H,2-5H2,1H3,(H,12,13)(H,16,17)/t9-/m0/s1. The zero-order chi connectivity index (χ0) is 12.4. The molecule has 92 valence electrons. The Balaban J connectivity index is 2.19. The lowest BCUT2D eigenvalue weighted by atomic mass is 10.0. The summed E-state index contributed by atoms with van der Waals surface area (Å²) in [6.45, 7) is 2.29. The number of piperidine rings is 1. The van der Waals surface area contributed by atoms with E-state index in [4.69, 9.17) is 5.11 Å². The summed E-state index contributed by atoms with van der Waals surface area (Å²) < 4.78 is 0. The van der Waals surface area contributed by atoms with Gasteiger partial charge in [0.05, 0.1) is 0 Å². The first kappa shape index (κ1) is 11.6. The fourth-order valence-corrected chi connectivity index (χ4v) is 2.11. The molecule has 1 aliphatic heterocycles. The van der Waals surface area contributed by atoms with Crippen molar-refractivity contribution in [3.63, 3.8) is 0 Å². The van der Waals surface area contributed by atoms with Crippen molar-refractivity contribution < 1.29 is 14.7 Å².